The number of fused-ring (bicyclic) bond motifs is 1. The van der Waals surface area contributed by atoms with Crippen molar-refractivity contribution in [2.75, 3.05) is 10.6 Å². The average Bonchev–Trinajstić information content (AvgIpc) is 2.74. The summed E-state index contributed by atoms with van der Waals surface area (Å²) in [5.41, 5.74) is -0.692. The number of aromatic amines is 1. The molecule has 0 fully saturated rings. The molecular formula is C22H15F4N5O2. The molecule has 0 saturated heterocycles. The first-order chi connectivity index (χ1) is 15.7. The van der Waals surface area contributed by atoms with E-state index in [0.29, 0.717) is 34.8 Å². The molecule has 0 atom stereocenters. The number of nitrogens with zero attached hydrogens (tertiary/aromatic N) is 2. The summed E-state index contributed by atoms with van der Waals surface area (Å²) in [6.45, 7) is 3.68. The zero-order valence-electron chi connectivity index (χ0n) is 16.7. The fourth-order valence-electron chi connectivity index (χ4n) is 2.94. The molecule has 0 unspecified atom stereocenters. The van der Waals surface area contributed by atoms with Gasteiger partial charge in [-0.1, -0.05) is 12.6 Å². The highest BCUT2D eigenvalue weighted by atomic mass is 19.4. The summed E-state index contributed by atoms with van der Waals surface area (Å²) in [5.74, 6) is -0.0907. The Morgan fingerprint density at radius 1 is 1.06 bits per heavy atom. The average molecular weight is 457 g/mol. The fraction of sp³-hybridized carbons (Fsp3) is 0.0455. The zero-order chi connectivity index (χ0) is 23.6. The molecule has 3 N–H and O–H groups in total. The lowest BCUT2D eigenvalue weighted by Crippen LogP contribution is -2.11. The number of pyridine rings is 1. The largest absolute Gasteiger partial charge is 0.455 e. The first-order valence-corrected chi connectivity index (χ1v) is 9.41. The number of H-pyrrole nitrogens is 1. The van der Waals surface area contributed by atoms with Crippen LogP contribution in [0.1, 0.15) is 5.56 Å². The quantitative estimate of drug-likeness (QED) is 0.342. The van der Waals surface area contributed by atoms with E-state index in [0.717, 1.165) is 12.3 Å². The Bertz CT molecular complexity index is 1400. The molecule has 0 spiro atoms. The Kier molecular flexibility index (Phi) is 5.69. The van der Waals surface area contributed by atoms with Crippen LogP contribution >= 0.6 is 0 Å². The van der Waals surface area contributed by atoms with Crippen molar-refractivity contribution in [1.82, 2.24) is 15.0 Å². The molecule has 2 aromatic heterocycles. The van der Waals surface area contributed by atoms with Gasteiger partial charge in [0.05, 0.1) is 17.4 Å². The zero-order valence-corrected chi connectivity index (χ0v) is 16.7. The lowest BCUT2D eigenvalue weighted by Gasteiger charge is -2.15. The molecule has 33 heavy (non-hydrogen) atoms. The van der Waals surface area contributed by atoms with Crippen molar-refractivity contribution in [3.63, 3.8) is 0 Å². The molecule has 0 amide bonds. The molecule has 168 valence electrons. The van der Waals surface area contributed by atoms with Crippen LogP contribution < -0.4 is 20.9 Å². The number of anilines is 2. The summed E-state index contributed by atoms with van der Waals surface area (Å²) in [7, 11) is 0. The van der Waals surface area contributed by atoms with E-state index in [9.17, 15) is 22.4 Å². The molecule has 0 aliphatic rings. The van der Waals surface area contributed by atoms with Gasteiger partial charge in [-0.05, 0) is 30.3 Å². The first kappa shape index (κ1) is 21.8. The second-order valence-electron chi connectivity index (χ2n) is 6.80. The molecule has 0 aliphatic heterocycles. The number of rotatable bonds is 6. The fourth-order valence-corrected chi connectivity index (χ4v) is 2.94. The van der Waals surface area contributed by atoms with Crippen LogP contribution in [0, 0.1) is 5.82 Å². The number of nitrogens with one attached hydrogen (secondary N) is 3. The smallest absolute Gasteiger partial charge is 0.416 e. The van der Waals surface area contributed by atoms with Gasteiger partial charge in [0.2, 0.25) is 0 Å². The third-order valence-electron chi connectivity index (χ3n) is 4.38. The van der Waals surface area contributed by atoms with Crippen molar-refractivity contribution < 1.29 is 22.3 Å². The normalized spacial score (nSPS) is 11.3. The van der Waals surface area contributed by atoms with Gasteiger partial charge < -0.3 is 20.4 Å². The minimum atomic E-state index is -4.61. The van der Waals surface area contributed by atoms with Crippen LogP contribution in [0.15, 0.2) is 78.1 Å². The molecule has 0 bridgehead atoms. The predicted octanol–water partition coefficient (Wildman–Crippen LogP) is 5.26. The molecule has 4 aromatic rings. The third kappa shape index (κ3) is 5.09. The second-order valence-corrected chi connectivity index (χ2v) is 6.80. The van der Waals surface area contributed by atoms with Gasteiger partial charge >= 0.3 is 6.18 Å². The lowest BCUT2D eigenvalue weighted by molar-refractivity contribution is -0.137. The maximum Gasteiger partial charge on any atom is 0.416 e. The molecular weight excluding hydrogens is 442 g/mol. The summed E-state index contributed by atoms with van der Waals surface area (Å²) in [4.78, 5) is 22.1. The summed E-state index contributed by atoms with van der Waals surface area (Å²) >= 11 is 0. The van der Waals surface area contributed by atoms with E-state index in [2.05, 4.69) is 32.2 Å². The van der Waals surface area contributed by atoms with Crippen LogP contribution in [0.2, 0.25) is 0 Å². The number of benzene rings is 2. The van der Waals surface area contributed by atoms with Crippen LogP contribution in [-0.4, -0.2) is 15.0 Å². The van der Waals surface area contributed by atoms with Crippen LogP contribution in [0.5, 0.6) is 11.5 Å². The molecule has 4 rings (SSSR count). The Morgan fingerprint density at radius 2 is 1.88 bits per heavy atom. The van der Waals surface area contributed by atoms with Crippen molar-refractivity contribution in [3.05, 3.63) is 95.1 Å². The van der Waals surface area contributed by atoms with E-state index < -0.39 is 23.1 Å². The van der Waals surface area contributed by atoms with Crippen molar-refractivity contribution in [3.8, 4) is 11.5 Å². The van der Waals surface area contributed by atoms with Crippen LogP contribution in [0.4, 0.5) is 28.9 Å². The van der Waals surface area contributed by atoms with E-state index >= 15 is 0 Å². The molecule has 0 radical (unpaired) electrons. The Hall–Kier alpha value is -4.41. The highest BCUT2D eigenvalue weighted by Gasteiger charge is 2.31. The number of ether oxygens (including phenoxy) is 1. The highest BCUT2D eigenvalue weighted by Crippen LogP contribution is 2.32. The standard InChI is InChI=1S/C22H15F4N5O2/c1-12(30-17-9-13(22(24,25)26)5-6-16(17)23)29-14-3-2-4-15(10-14)33-18-7-8-27-21-20(18)28-11-19(32)31-21/h2-11,29-30H,1H2,(H,27,31,32). The van der Waals surface area contributed by atoms with Crippen molar-refractivity contribution in [2.45, 2.75) is 6.18 Å². The Balaban J connectivity index is 1.50. The third-order valence-corrected chi connectivity index (χ3v) is 4.38. The minimum Gasteiger partial charge on any atom is -0.455 e. The number of halogens is 4. The number of hydrogen-bond donors (Lipinski definition) is 3. The van der Waals surface area contributed by atoms with Crippen molar-refractivity contribution in [2.24, 2.45) is 0 Å². The van der Waals surface area contributed by atoms with Gasteiger partial charge in [0.25, 0.3) is 5.56 Å². The maximum absolute atomic E-state index is 14.0. The van der Waals surface area contributed by atoms with E-state index in [4.69, 9.17) is 4.74 Å². The maximum atomic E-state index is 14.0. The molecule has 0 aliphatic carbocycles. The van der Waals surface area contributed by atoms with Crippen LogP contribution in [0.25, 0.3) is 11.2 Å². The predicted molar refractivity (Wildman–Crippen MR) is 114 cm³/mol. The van der Waals surface area contributed by atoms with Crippen molar-refractivity contribution in [1.29, 1.82) is 0 Å². The molecule has 11 heteroatoms. The van der Waals surface area contributed by atoms with Crippen LogP contribution in [0.3, 0.4) is 0 Å². The van der Waals surface area contributed by atoms with Crippen molar-refractivity contribution >= 4 is 22.5 Å². The summed E-state index contributed by atoms with van der Waals surface area (Å²) in [5, 5.41) is 5.33. The SMILES string of the molecule is C=C(Nc1cccc(Oc2ccnc3[nH]c(=O)cnc23)c1)Nc1cc(C(F)(F)F)ccc1F. The molecule has 0 saturated carbocycles. The highest BCUT2D eigenvalue weighted by molar-refractivity contribution is 5.77. The summed E-state index contributed by atoms with van der Waals surface area (Å²) < 4.78 is 58.5. The Labute approximate surface area is 183 Å². The Morgan fingerprint density at radius 3 is 2.67 bits per heavy atom. The van der Waals surface area contributed by atoms with Gasteiger partial charge in [-0.3, -0.25) is 4.79 Å². The van der Waals surface area contributed by atoms with Gasteiger partial charge in [0.15, 0.2) is 11.4 Å². The van der Waals surface area contributed by atoms with E-state index in [1.165, 1.54) is 6.20 Å². The minimum absolute atomic E-state index is 0.0407. The van der Waals surface area contributed by atoms with E-state index in [1.54, 1.807) is 30.3 Å². The first-order valence-electron chi connectivity index (χ1n) is 9.41. The summed E-state index contributed by atoms with van der Waals surface area (Å²) in [6.07, 6.45) is -2.05. The number of alkyl halides is 3. The van der Waals surface area contributed by atoms with Gasteiger partial charge in [-0.2, -0.15) is 13.2 Å². The van der Waals surface area contributed by atoms with Crippen LogP contribution in [-0.2, 0) is 6.18 Å². The number of hydrogen-bond acceptors (Lipinski definition) is 6. The summed E-state index contributed by atoms with van der Waals surface area (Å²) in [6, 6.07) is 10.2. The van der Waals surface area contributed by atoms with Gasteiger partial charge in [-0.15, -0.1) is 0 Å². The topological polar surface area (TPSA) is 91.9 Å². The van der Waals surface area contributed by atoms with Gasteiger partial charge in [0, 0.05) is 24.0 Å². The second kappa shape index (κ2) is 8.61. The molecule has 2 aromatic carbocycles. The monoisotopic (exact) mass is 457 g/mol. The molecule has 2 heterocycles. The van der Waals surface area contributed by atoms with Gasteiger partial charge in [0.1, 0.15) is 22.9 Å². The lowest BCUT2D eigenvalue weighted by atomic mass is 10.2. The van der Waals surface area contributed by atoms with E-state index in [-0.39, 0.29) is 17.2 Å². The molecule has 7 nitrogen and oxygen atoms in total. The van der Waals surface area contributed by atoms with Gasteiger partial charge in [-0.25, -0.2) is 14.4 Å². The van der Waals surface area contributed by atoms with E-state index in [1.807, 2.05) is 0 Å². The number of aromatic nitrogens is 3.